The van der Waals surface area contributed by atoms with Crippen LogP contribution in [0.3, 0.4) is 0 Å². The lowest BCUT2D eigenvalue weighted by molar-refractivity contribution is 0.0858. The fourth-order valence-corrected chi connectivity index (χ4v) is 3.37. The summed E-state index contributed by atoms with van der Waals surface area (Å²) in [6.45, 7) is 10.6. The average Bonchev–Trinajstić information content (AvgIpc) is 2.96. The smallest absolute Gasteiger partial charge is 0.264 e. The van der Waals surface area contributed by atoms with E-state index in [1.807, 2.05) is 10.8 Å². The molecule has 0 radical (unpaired) electrons. The first-order chi connectivity index (χ1) is 10.9. The molecule has 0 amide bonds. The topological polar surface area (TPSA) is 76.1 Å². The van der Waals surface area contributed by atoms with E-state index < -0.39 is 10.1 Å². The largest absolute Gasteiger partial charge is 0.485 e. The van der Waals surface area contributed by atoms with Crippen LogP contribution in [0.2, 0.25) is 0 Å². The molecule has 1 unspecified atom stereocenters. The fourth-order valence-electron chi connectivity index (χ4n) is 2.17. The van der Waals surface area contributed by atoms with Crippen LogP contribution in [0.4, 0.5) is 0 Å². The van der Waals surface area contributed by atoms with Crippen molar-refractivity contribution in [1.29, 1.82) is 0 Å². The molecule has 2 heterocycles. The van der Waals surface area contributed by atoms with Crippen molar-refractivity contribution in [3.05, 3.63) is 10.8 Å². The monoisotopic (exact) mass is 365 g/mol. The van der Waals surface area contributed by atoms with E-state index in [9.17, 15) is 8.42 Å². The Morgan fingerprint density at radius 2 is 1.83 bits per heavy atom. The second-order valence-electron chi connectivity index (χ2n) is 5.20. The second-order valence-corrected chi connectivity index (χ2v) is 7.51. The molecular weight excluding hydrogens is 338 g/mol. The highest BCUT2D eigenvalue weighted by molar-refractivity contribution is 7.85. The molecule has 0 aromatic carbocycles. The Balaban J connectivity index is 0.000000322. The van der Waals surface area contributed by atoms with E-state index in [0.717, 1.165) is 5.75 Å². The van der Waals surface area contributed by atoms with Crippen molar-refractivity contribution >= 4 is 21.5 Å². The Hall–Kier alpha value is -0.830. The quantitative estimate of drug-likeness (QED) is 0.749. The van der Waals surface area contributed by atoms with Gasteiger partial charge in [0.1, 0.15) is 12.7 Å². The Labute approximate surface area is 143 Å². The number of rotatable bonds is 7. The number of thiophene rings is 1. The van der Waals surface area contributed by atoms with Crippen molar-refractivity contribution in [3.63, 3.8) is 0 Å². The highest BCUT2D eigenvalue weighted by Gasteiger charge is 2.21. The van der Waals surface area contributed by atoms with Gasteiger partial charge in [-0.2, -0.15) is 8.42 Å². The molecule has 134 valence electrons. The van der Waals surface area contributed by atoms with Crippen molar-refractivity contribution < 1.29 is 22.4 Å². The molecule has 0 saturated heterocycles. The third-order valence-electron chi connectivity index (χ3n) is 3.58. The molecule has 1 aromatic heterocycles. The van der Waals surface area contributed by atoms with Gasteiger partial charge in [-0.1, -0.05) is 20.8 Å². The number of ether oxygens (including phenoxy) is 2. The lowest BCUT2D eigenvalue weighted by Gasteiger charge is -2.24. The van der Waals surface area contributed by atoms with Gasteiger partial charge in [0.2, 0.25) is 0 Å². The summed E-state index contributed by atoms with van der Waals surface area (Å²) in [6.07, 6.45) is 0.783. The van der Waals surface area contributed by atoms with Gasteiger partial charge in [-0.05, 0) is 32.5 Å². The third kappa shape index (κ3) is 8.01. The molecule has 1 aliphatic rings. The molecule has 1 aromatic rings. The zero-order valence-electron chi connectivity index (χ0n) is 14.0. The van der Waals surface area contributed by atoms with Gasteiger partial charge in [0.15, 0.2) is 11.5 Å². The lowest BCUT2D eigenvalue weighted by atomic mass is 10.2. The van der Waals surface area contributed by atoms with Gasteiger partial charge in [-0.25, -0.2) is 0 Å². The summed E-state index contributed by atoms with van der Waals surface area (Å²) in [6, 6.07) is 0. The molecule has 0 bridgehead atoms. The zero-order valence-corrected chi connectivity index (χ0v) is 15.7. The minimum absolute atomic E-state index is 0.135. The Kier molecular flexibility index (Phi) is 8.90. The molecule has 23 heavy (non-hydrogen) atoms. The predicted octanol–water partition coefficient (Wildman–Crippen LogP) is 2.90. The number of fused-ring (bicyclic) bond motifs is 1. The Morgan fingerprint density at radius 3 is 2.35 bits per heavy atom. The number of nitrogens with zero attached hydrogens (tertiary/aromatic N) is 1. The fraction of sp³-hybridized carbons (Fsp3) is 0.733. The van der Waals surface area contributed by atoms with Gasteiger partial charge in [0.25, 0.3) is 10.1 Å². The van der Waals surface area contributed by atoms with Crippen molar-refractivity contribution in [3.8, 4) is 11.5 Å². The SMILES string of the molecule is CCN(CC)CC.O=S(=O)(O)CCCC1COc2cscc2O1. The first kappa shape index (κ1) is 20.2. The number of hydrogen-bond donors (Lipinski definition) is 1. The second kappa shape index (κ2) is 10.1. The van der Waals surface area contributed by atoms with E-state index >= 15 is 0 Å². The summed E-state index contributed by atoms with van der Waals surface area (Å²) in [4.78, 5) is 2.38. The normalized spacial score (nSPS) is 16.8. The van der Waals surface area contributed by atoms with E-state index in [0.29, 0.717) is 25.2 Å². The van der Waals surface area contributed by atoms with Crippen LogP contribution in [0.1, 0.15) is 33.6 Å². The maximum absolute atomic E-state index is 10.5. The standard InChI is InChI=1S/C9H12O5S2.C6H15N/c10-16(11,12)3-1-2-7-4-13-8-5-15-6-9(8)14-7;1-4-7(5-2)6-3/h5-7H,1-4H2,(H,10,11,12);4-6H2,1-3H3. The van der Waals surface area contributed by atoms with Gasteiger partial charge in [0, 0.05) is 10.8 Å². The van der Waals surface area contributed by atoms with E-state index in [-0.39, 0.29) is 11.9 Å². The van der Waals surface area contributed by atoms with Crippen LogP contribution in [-0.2, 0) is 10.1 Å². The minimum Gasteiger partial charge on any atom is -0.485 e. The van der Waals surface area contributed by atoms with E-state index in [1.165, 1.54) is 31.0 Å². The molecule has 0 saturated carbocycles. The van der Waals surface area contributed by atoms with E-state index in [2.05, 4.69) is 25.7 Å². The minimum atomic E-state index is -3.87. The molecule has 1 N–H and O–H groups in total. The summed E-state index contributed by atoms with van der Waals surface area (Å²) in [5.74, 6) is 1.23. The maximum Gasteiger partial charge on any atom is 0.264 e. The van der Waals surface area contributed by atoms with Gasteiger partial charge >= 0.3 is 0 Å². The molecule has 2 rings (SSSR count). The molecule has 0 spiro atoms. The van der Waals surface area contributed by atoms with Gasteiger partial charge in [0.05, 0.1) is 5.75 Å². The van der Waals surface area contributed by atoms with Crippen LogP contribution in [0.25, 0.3) is 0 Å². The summed E-state index contributed by atoms with van der Waals surface area (Å²) in [5.41, 5.74) is 0. The van der Waals surface area contributed by atoms with Crippen LogP contribution < -0.4 is 9.47 Å². The van der Waals surface area contributed by atoms with Crippen LogP contribution in [0.15, 0.2) is 10.8 Å². The molecule has 6 nitrogen and oxygen atoms in total. The van der Waals surface area contributed by atoms with Crippen LogP contribution in [-0.4, -0.2) is 56.0 Å². The lowest BCUT2D eigenvalue weighted by Crippen LogP contribution is -2.29. The molecule has 0 fully saturated rings. The highest BCUT2D eigenvalue weighted by Crippen LogP contribution is 2.35. The summed E-state index contributed by atoms with van der Waals surface area (Å²) >= 11 is 1.50. The van der Waals surface area contributed by atoms with Crippen molar-refractivity contribution in [2.45, 2.75) is 39.7 Å². The first-order valence-corrected chi connectivity index (χ1v) is 10.5. The highest BCUT2D eigenvalue weighted by atomic mass is 32.2. The van der Waals surface area contributed by atoms with Crippen LogP contribution in [0, 0.1) is 0 Å². The van der Waals surface area contributed by atoms with Crippen molar-refractivity contribution in [1.82, 2.24) is 4.90 Å². The third-order valence-corrected chi connectivity index (χ3v) is 5.09. The molecule has 8 heteroatoms. The Morgan fingerprint density at radius 1 is 1.22 bits per heavy atom. The first-order valence-electron chi connectivity index (χ1n) is 7.92. The van der Waals surface area contributed by atoms with Gasteiger partial charge in [-0.15, -0.1) is 11.3 Å². The van der Waals surface area contributed by atoms with Crippen molar-refractivity contribution in [2.24, 2.45) is 0 Å². The summed E-state index contributed by atoms with van der Waals surface area (Å²) < 4.78 is 40.6. The molecular formula is C15H27NO5S2. The van der Waals surface area contributed by atoms with E-state index in [4.69, 9.17) is 14.0 Å². The number of hydrogen-bond acceptors (Lipinski definition) is 6. The van der Waals surface area contributed by atoms with E-state index in [1.54, 1.807) is 0 Å². The molecule has 0 aliphatic carbocycles. The maximum atomic E-state index is 10.5. The molecule has 1 aliphatic heterocycles. The van der Waals surface area contributed by atoms with Crippen molar-refractivity contribution in [2.75, 3.05) is 32.0 Å². The van der Waals surface area contributed by atoms with Crippen LogP contribution in [0.5, 0.6) is 11.5 Å². The Bertz CT molecular complexity index is 534. The predicted molar refractivity (Wildman–Crippen MR) is 93.3 cm³/mol. The average molecular weight is 366 g/mol. The summed E-state index contributed by atoms with van der Waals surface area (Å²) in [7, 11) is -3.87. The molecule has 1 atom stereocenters. The van der Waals surface area contributed by atoms with Crippen LogP contribution >= 0.6 is 11.3 Å². The van der Waals surface area contributed by atoms with Gasteiger partial charge in [-0.3, -0.25) is 4.55 Å². The zero-order chi connectivity index (χ0) is 17.3. The van der Waals surface area contributed by atoms with Gasteiger partial charge < -0.3 is 14.4 Å². The summed E-state index contributed by atoms with van der Waals surface area (Å²) in [5, 5.41) is 3.72.